The summed E-state index contributed by atoms with van der Waals surface area (Å²) in [4.78, 5) is 3.90. The van der Waals surface area contributed by atoms with E-state index in [1.165, 1.54) is 0 Å². The van der Waals surface area contributed by atoms with E-state index in [0.29, 0.717) is 0 Å². The highest BCUT2D eigenvalue weighted by molar-refractivity contribution is 9.10. The molecule has 1 nitrogen and oxygen atoms in total. The Hall–Kier alpha value is -0.630. The Balaban J connectivity index is 2.89. The second-order valence-corrected chi connectivity index (χ2v) is 2.85. The van der Waals surface area contributed by atoms with Gasteiger partial charge in [0.1, 0.15) is 0 Å². The Labute approximate surface area is 68.9 Å². The fourth-order valence-electron chi connectivity index (χ4n) is 0.698. The minimum Gasteiger partial charge on any atom is -0.296 e. The van der Waals surface area contributed by atoms with E-state index < -0.39 is 0 Å². The number of benzene rings is 1. The summed E-state index contributed by atoms with van der Waals surface area (Å²) in [5, 5.41) is 0. The lowest BCUT2D eigenvalue weighted by atomic mass is 10.2. The first kappa shape index (κ1) is 7.48. The molecule has 0 saturated heterocycles. The zero-order chi connectivity index (χ0) is 7.40. The van der Waals surface area contributed by atoms with Crippen LogP contribution in [-0.2, 0) is 0 Å². The van der Waals surface area contributed by atoms with E-state index in [4.69, 9.17) is 0 Å². The molecule has 0 radical (unpaired) electrons. The van der Waals surface area contributed by atoms with Crippen molar-refractivity contribution in [2.24, 2.45) is 4.99 Å². The molecular weight excluding hydrogens is 190 g/mol. The van der Waals surface area contributed by atoms with Crippen molar-refractivity contribution < 1.29 is 0 Å². The molecular formula is C8H8BrN. The molecule has 1 rings (SSSR count). The van der Waals surface area contributed by atoms with Gasteiger partial charge in [0.15, 0.2) is 0 Å². The maximum absolute atomic E-state index is 3.90. The zero-order valence-electron chi connectivity index (χ0n) is 5.71. The van der Waals surface area contributed by atoms with Crippen LogP contribution in [0.2, 0.25) is 0 Å². The van der Waals surface area contributed by atoms with Gasteiger partial charge in [0.2, 0.25) is 0 Å². The lowest BCUT2D eigenvalue weighted by Crippen LogP contribution is -1.77. The predicted molar refractivity (Wildman–Crippen MR) is 47.7 cm³/mol. The van der Waals surface area contributed by atoms with Crippen molar-refractivity contribution in [2.75, 3.05) is 7.05 Å². The first-order valence-corrected chi connectivity index (χ1v) is 3.80. The quantitative estimate of drug-likeness (QED) is 0.614. The van der Waals surface area contributed by atoms with E-state index >= 15 is 0 Å². The largest absolute Gasteiger partial charge is 0.296 e. The molecule has 0 aliphatic rings. The van der Waals surface area contributed by atoms with Gasteiger partial charge in [0, 0.05) is 17.7 Å². The summed E-state index contributed by atoms with van der Waals surface area (Å²) in [6, 6.07) is 8.02. The summed E-state index contributed by atoms with van der Waals surface area (Å²) in [5.74, 6) is 0. The van der Waals surface area contributed by atoms with Crippen molar-refractivity contribution in [3.05, 3.63) is 34.3 Å². The number of rotatable bonds is 1. The fraction of sp³-hybridized carbons (Fsp3) is 0.125. The predicted octanol–water partition coefficient (Wildman–Crippen LogP) is 2.50. The molecule has 0 N–H and O–H groups in total. The third-order valence-electron chi connectivity index (χ3n) is 1.15. The highest BCUT2D eigenvalue weighted by atomic mass is 79.9. The van der Waals surface area contributed by atoms with Crippen LogP contribution >= 0.6 is 15.9 Å². The minimum atomic E-state index is 1.10. The highest BCUT2D eigenvalue weighted by Gasteiger charge is 1.85. The Kier molecular flexibility index (Phi) is 2.63. The molecule has 0 saturated carbocycles. The summed E-state index contributed by atoms with van der Waals surface area (Å²) in [6.07, 6.45) is 1.83. The third-order valence-corrected chi connectivity index (χ3v) is 1.68. The van der Waals surface area contributed by atoms with Gasteiger partial charge in [-0.25, -0.2) is 0 Å². The fourth-order valence-corrected chi connectivity index (χ4v) is 0.962. The standard InChI is InChI=1S/C8H8BrN/c1-10-6-7-2-4-8(9)5-3-7/h2-6H,1H3/b10-6+. The first-order valence-electron chi connectivity index (χ1n) is 3.00. The molecule has 2 heteroatoms. The van der Waals surface area contributed by atoms with E-state index in [1.807, 2.05) is 30.5 Å². The second-order valence-electron chi connectivity index (χ2n) is 1.94. The number of halogens is 1. The molecule has 0 amide bonds. The Morgan fingerprint density at radius 2 is 1.90 bits per heavy atom. The van der Waals surface area contributed by atoms with E-state index in [0.717, 1.165) is 10.0 Å². The normalized spacial score (nSPS) is 10.6. The van der Waals surface area contributed by atoms with Gasteiger partial charge in [0.25, 0.3) is 0 Å². The molecule has 1 aromatic carbocycles. The first-order chi connectivity index (χ1) is 4.83. The van der Waals surface area contributed by atoms with Gasteiger partial charge in [-0.2, -0.15) is 0 Å². The van der Waals surface area contributed by atoms with Gasteiger partial charge in [-0.3, -0.25) is 4.99 Å². The number of hydrogen-bond acceptors (Lipinski definition) is 1. The maximum Gasteiger partial charge on any atom is 0.0281 e. The summed E-state index contributed by atoms with van der Waals surface area (Å²) < 4.78 is 1.10. The van der Waals surface area contributed by atoms with Crippen molar-refractivity contribution in [1.29, 1.82) is 0 Å². The van der Waals surface area contributed by atoms with Crippen molar-refractivity contribution in [2.45, 2.75) is 0 Å². The molecule has 0 fully saturated rings. The molecule has 0 spiro atoms. The van der Waals surface area contributed by atoms with E-state index in [9.17, 15) is 0 Å². The molecule has 1 aromatic rings. The van der Waals surface area contributed by atoms with Gasteiger partial charge < -0.3 is 0 Å². The molecule has 52 valence electrons. The monoisotopic (exact) mass is 197 g/mol. The average Bonchev–Trinajstić information content (AvgIpc) is 1.95. The van der Waals surface area contributed by atoms with Crippen LogP contribution in [0.3, 0.4) is 0 Å². The summed E-state index contributed by atoms with van der Waals surface area (Å²) in [6.45, 7) is 0. The summed E-state index contributed by atoms with van der Waals surface area (Å²) >= 11 is 3.35. The third kappa shape index (κ3) is 1.95. The lowest BCUT2D eigenvalue weighted by molar-refractivity contribution is 1.46. The summed E-state index contributed by atoms with van der Waals surface area (Å²) in [7, 11) is 1.77. The van der Waals surface area contributed by atoms with Crippen molar-refractivity contribution >= 4 is 22.1 Å². The van der Waals surface area contributed by atoms with Crippen LogP contribution in [0, 0.1) is 0 Å². The van der Waals surface area contributed by atoms with E-state index in [-0.39, 0.29) is 0 Å². The smallest absolute Gasteiger partial charge is 0.0281 e. The topological polar surface area (TPSA) is 12.4 Å². The molecule has 0 aliphatic carbocycles. The van der Waals surface area contributed by atoms with Gasteiger partial charge >= 0.3 is 0 Å². The Morgan fingerprint density at radius 3 is 2.40 bits per heavy atom. The van der Waals surface area contributed by atoms with Gasteiger partial charge in [-0.15, -0.1) is 0 Å². The number of aliphatic imine (C=N–C) groups is 1. The maximum atomic E-state index is 3.90. The molecule has 0 bridgehead atoms. The van der Waals surface area contributed by atoms with Gasteiger partial charge in [-0.05, 0) is 17.7 Å². The van der Waals surface area contributed by atoms with Crippen LogP contribution in [0.15, 0.2) is 33.7 Å². The van der Waals surface area contributed by atoms with E-state index in [1.54, 1.807) is 7.05 Å². The molecule has 0 unspecified atom stereocenters. The number of nitrogens with zero attached hydrogens (tertiary/aromatic N) is 1. The highest BCUT2D eigenvalue weighted by Crippen LogP contribution is 2.08. The second kappa shape index (κ2) is 3.52. The molecule has 10 heavy (non-hydrogen) atoms. The lowest BCUT2D eigenvalue weighted by Gasteiger charge is -1.90. The average molecular weight is 198 g/mol. The van der Waals surface area contributed by atoms with Crippen molar-refractivity contribution in [3.8, 4) is 0 Å². The molecule has 0 aromatic heterocycles. The molecule has 0 aliphatic heterocycles. The van der Waals surface area contributed by atoms with Crippen LogP contribution in [-0.4, -0.2) is 13.3 Å². The van der Waals surface area contributed by atoms with Crippen molar-refractivity contribution in [1.82, 2.24) is 0 Å². The van der Waals surface area contributed by atoms with Crippen LogP contribution in [0.25, 0.3) is 0 Å². The van der Waals surface area contributed by atoms with E-state index in [2.05, 4.69) is 20.9 Å². The van der Waals surface area contributed by atoms with Gasteiger partial charge in [-0.1, -0.05) is 28.1 Å². The van der Waals surface area contributed by atoms with Crippen LogP contribution in [0.1, 0.15) is 5.56 Å². The molecule has 0 heterocycles. The van der Waals surface area contributed by atoms with Crippen molar-refractivity contribution in [3.63, 3.8) is 0 Å². The van der Waals surface area contributed by atoms with Gasteiger partial charge in [0.05, 0.1) is 0 Å². The SMILES string of the molecule is C/N=C/c1ccc(Br)cc1. The Morgan fingerprint density at radius 1 is 1.30 bits per heavy atom. The summed E-state index contributed by atoms with van der Waals surface area (Å²) in [5.41, 5.74) is 1.13. The zero-order valence-corrected chi connectivity index (χ0v) is 7.30. The Bertz CT molecular complexity index is 226. The molecule has 0 atom stereocenters. The van der Waals surface area contributed by atoms with Crippen LogP contribution in [0.5, 0.6) is 0 Å². The minimum absolute atomic E-state index is 1.10. The van der Waals surface area contributed by atoms with Crippen LogP contribution < -0.4 is 0 Å². The van der Waals surface area contributed by atoms with Crippen LogP contribution in [0.4, 0.5) is 0 Å². The number of hydrogen-bond donors (Lipinski definition) is 0.